The molecule has 7 nitrogen and oxygen atoms in total. The molecule has 2 amide bonds. The molecule has 2 N–H and O–H groups in total. The standard InChI is InChI=1S/C16H19N3O4S/c1-3-22-13-6-4-12(5-7-13)17-15(20)9-24-10-16(21)18-14-8-11(2)23-19-14/h4-8H,3,9-10H2,1-2H3,(H,17,20)(H,18,19,21). The Labute approximate surface area is 144 Å². The van der Waals surface area contributed by atoms with Gasteiger partial charge in [-0.15, -0.1) is 11.8 Å². The fourth-order valence-electron chi connectivity index (χ4n) is 1.84. The first-order chi connectivity index (χ1) is 11.6. The van der Waals surface area contributed by atoms with E-state index in [-0.39, 0.29) is 23.3 Å². The summed E-state index contributed by atoms with van der Waals surface area (Å²) in [6.45, 7) is 4.24. The molecular weight excluding hydrogens is 330 g/mol. The highest BCUT2D eigenvalue weighted by molar-refractivity contribution is 8.00. The molecule has 1 aromatic carbocycles. The van der Waals surface area contributed by atoms with Crippen molar-refractivity contribution in [2.75, 3.05) is 28.7 Å². The first-order valence-corrected chi connectivity index (χ1v) is 8.56. The minimum absolute atomic E-state index is 0.155. The van der Waals surface area contributed by atoms with E-state index in [1.54, 1.807) is 37.3 Å². The molecule has 128 valence electrons. The van der Waals surface area contributed by atoms with Crippen LogP contribution in [0, 0.1) is 6.92 Å². The molecule has 2 aromatic rings. The van der Waals surface area contributed by atoms with Crippen LogP contribution in [0.5, 0.6) is 5.75 Å². The van der Waals surface area contributed by atoms with Gasteiger partial charge in [0.25, 0.3) is 0 Å². The molecule has 2 rings (SSSR count). The number of carbonyl (C=O) groups excluding carboxylic acids is 2. The Kier molecular flexibility index (Phi) is 6.68. The Balaban J connectivity index is 1.68. The molecule has 0 aliphatic rings. The maximum absolute atomic E-state index is 11.8. The van der Waals surface area contributed by atoms with Crippen LogP contribution in [0.15, 0.2) is 34.9 Å². The number of thioether (sulfide) groups is 1. The van der Waals surface area contributed by atoms with Gasteiger partial charge in [0.15, 0.2) is 5.82 Å². The lowest BCUT2D eigenvalue weighted by Crippen LogP contribution is -2.18. The third-order valence-corrected chi connectivity index (χ3v) is 3.74. The number of anilines is 2. The van der Waals surface area contributed by atoms with Crippen molar-refractivity contribution in [3.63, 3.8) is 0 Å². The van der Waals surface area contributed by atoms with Crippen molar-refractivity contribution in [1.29, 1.82) is 0 Å². The molecule has 0 atom stereocenters. The molecule has 0 radical (unpaired) electrons. The molecule has 1 heterocycles. The zero-order valence-corrected chi connectivity index (χ0v) is 14.3. The lowest BCUT2D eigenvalue weighted by atomic mass is 10.3. The van der Waals surface area contributed by atoms with Crippen molar-refractivity contribution in [2.24, 2.45) is 0 Å². The van der Waals surface area contributed by atoms with E-state index in [0.29, 0.717) is 23.9 Å². The van der Waals surface area contributed by atoms with Gasteiger partial charge in [-0.3, -0.25) is 9.59 Å². The fourth-order valence-corrected chi connectivity index (χ4v) is 2.46. The number of aromatic nitrogens is 1. The molecule has 0 unspecified atom stereocenters. The Morgan fingerprint density at radius 1 is 1.17 bits per heavy atom. The second-order valence-corrected chi connectivity index (χ2v) is 5.85. The molecule has 0 saturated carbocycles. The molecule has 24 heavy (non-hydrogen) atoms. The Hall–Kier alpha value is -2.48. The summed E-state index contributed by atoms with van der Waals surface area (Å²) in [5.74, 6) is 1.67. The van der Waals surface area contributed by atoms with E-state index >= 15 is 0 Å². The second kappa shape index (κ2) is 8.97. The molecule has 0 saturated heterocycles. The number of benzene rings is 1. The largest absolute Gasteiger partial charge is 0.494 e. The first-order valence-electron chi connectivity index (χ1n) is 7.40. The van der Waals surface area contributed by atoms with Crippen LogP contribution < -0.4 is 15.4 Å². The summed E-state index contributed by atoms with van der Waals surface area (Å²) in [5, 5.41) is 9.03. The van der Waals surface area contributed by atoms with Crippen LogP contribution in [0.25, 0.3) is 0 Å². The lowest BCUT2D eigenvalue weighted by Gasteiger charge is -2.07. The van der Waals surface area contributed by atoms with Gasteiger partial charge in [-0.1, -0.05) is 5.16 Å². The summed E-state index contributed by atoms with van der Waals surface area (Å²) in [6.07, 6.45) is 0. The third-order valence-electron chi connectivity index (χ3n) is 2.81. The smallest absolute Gasteiger partial charge is 0.235 e. The van der Waals surface area contributed by atoms with E-state index in [1.165, 1.54) is 11.8 Å². The zero-order valence-electron chi connectivity index (χ0n) is 13.5. The van der Waals surface area contributed by atoms with Gasteiger partial charge in [0.2, 0.25) is 11.8 Å². The van der Waals surface area contributed by atoms with Crippen LogP contribution in [0.1, 0.15) is 12.7 Å². The maximum atomic E-state index is 11.8. The van der Waals surface area contributed by atoms with Gasteiger partial charge in [-0.2, -0.15) is 0 Å². The summed E-state index contributed by atoms with van der Waals surface area (Å²) in [4.78, 5) is 23.5. The highest BCUT2D eigenvalue weighted by Gasteiger charge is 2.08. The average Bonchev–Trinajstić information content (AvgIpc) is 2.94. The van der Waals surface area contributed by atoms with Gasteiger partial charge in [0, 0.05) is 11.8 Å². The Morgan fingerprint density at radius 2 is 1.83 bits per heavy atom. The summed E-state index contributed by atoms with van der Waals surface area (Å²) >= 11 is 1.22. The first kappa shape index (κ1) is 17.9. The van der Waals surface area contributed by atoms with Crippen molar-refractivity contribution < 1.29 is 18.8 Å². The van der Waals surface area contributed by atoms with Crippen LogP contribution in [-0.2, 0) is 9.59 Å². The SMILES string of the molecule is CCOc1ccc(NC(=O)CSCC(=O)Nc2cc(C)on2)cc1. The number of aryl methyl sites for hydroxylation is 1. The van der Waals surface area contributed by atoms with Crippen molar-refractivity contribution in [2.45, 2.75) is 13.8 Å². The summed E-state index contributed by atoms with van der Waals surface area (Å²) in [5.41, 5.74) is 0.687. The average molecular weight is 349 g/mol. The van der Waals surface area contributed by atoms with Gasteiger partial charge in [-0.05, 0) is 38.1 Å². The fraction of sp³-hybridized carbons (Fsp3) is 0.312. The maximum Gasteiger partial charge on any atom is 0.235 e. The van der Waals surface area contributed by atoms with Crippen molar-refractivity contribution in [3.8, 4) is 5.75 Å². The van der Waals surface area contributed by atoms with Gasteiger partial charge in [0.05, 0.1) is 18.1 Å². The molecule has 0 spiro atoms. The van der Waals surface area contributed by atoms with E-state index in [4.69, 9.17) is 9.26 Å². The lowest BCUT2D eigenvalue weighted by molar-refractivity contribution is -0.114. The number of ether oxygens (including phenoxy) is 1. The molecule has 0 aliphatic heterocycles. The number of amides is 2. The number of nitrogens with one attached hydrogen (secondary N) is 2. The topological polar surface area (TPSA) is 93.5 Å². The molecule has 0 aliphatic carbocycles. The number of rotatable bonds is 8. The van der Waals surface area contributed by atoms with Crippen LogP contribution in [0.2, 0.25) is 0 Å². The number of hydrogen-bond donors (Lipinski definition) is 2. The van der Waals surface area contributed by atoms with Gasteiger partial charge >= 0.3 is 0 Å². The molecule has 0 fully saturated rings. The van der Waals surface area contributed by atoms with Crippen LogP contribution >= 0.6 is 11.8 Å². The molecule has 1 aromatic heterocycles. The summed E-state index contributed by atoms with van der Waals surface area (Å²) in [6, 6.07) is 8.75. The van der Waals surface area contributed by atoms with Gasteiger partial charge in [0.1, 0.15) is 11.5 Å². The molecular formula is C16H19N3O4S. The van der Waals surface area contributed by atoms with Crippen molar-refractivity contribution in [1.82, 2.24) is 5.16 Å². The highest BCUT2D eigenvalue weighted by atomic mass is 32.2. The summed E-state index contributed by atoms with van der Waals surface area (Å²) < 4.78 is 10.2. The zero-order chi connectivity index (χ0) is 17.4. The molecule has 8 heteroatoms. The second-order valence-electron chi connectivity index (χ2n) is 4.87. The minimum atomic E-state index is -0.234. The van der Waals surface area contributed by atoms with E-state index in [1.807, 2.05) is 6.92 Å². The van der Waals surface area contributed by atoms with Crippen LogP contribution in [0.4, 0.5) is 11.5 Å². The van der Waals surface area contributed by atoms with E-state index in [2.05, 4.69) is 15.8 Å². The highest BCUT2D eigenvalue weighted by Crippen LogP contribution is 2.16. The Bertz CT molecular complexity index is 685. The number of carbonyl (C=O) groups is 2. The normalized spacial score (nSPS) is 10.2. The van der Waals surface area contributed by atoms with E-state index < -0.39 is 0 Å². The van der Waals surface area contributed by atoms with Gasteiger partial charge in [-0.25, -0.2) is 0 Å². The van der Waals surface area contributed by atoms with E-state index in [0.717, 1.165) is 5.75 Å². The number of nitrogens with zero attached hydrogens (tertiary/aromatic N) is 1. The summed E-state index contributed by atoms with van der Waals surface area (Å²) in [7, 11) is 0. The number of hydrogen-bond acceptors (Lipinski definition) is 6. The van der Waals surface area contributed by atoms with E-state index in [9.17, 15) is 9.59 Å². The monoisotopic (exact) mass is 349 g/mol. The third kappa shape index (κ3) is 5.96. The Morgan fingerprint density at radius 3 is 2.42 bits per heavy atom. The van der Waals surface area contributed by atoms with Crippen molar-refractivity contribution >= 4 is 35.1 Å². The minimum Gasteiger partial charge on any atom is -0.494 e. The predicted molar refractivity (Wildman–Crippen MR) is 93.4 cm³/mol. The quantitative estimate of drug-likeness (QED) is 0.761. The van der Waals surface area contributed by atoms with Gasteiger partial charge < -0.3 is 19.9 Å². The van der Waals surface area contributed by atoms with Crippen LogP contribution in [-0.4, -0.2) is 35.1 Å². The van der Waals surface area contributed by atoms with Crippen LogP contribution in [0.3, 0.4) is 0 Å². The molecule has 0 bridgehead atoms. The van der Waals surface area contributed by atoms with Crippen molar-refractivity contribution in [3.05, 3.63) is 36.1 Å². The predicted octanol–water partition coefficient (Wildman–Crippen LogP) is 2.69.